The Hall–Kier alpha value is -2.27. The predicted octanol–water partition coefficient (Wildman–Crippen LogP) is 3.05. The molecule has 0 fully saturated rings. The van der Waals surface area contributed by atoms with Crippen molar-refractivity contribution in [1.82, 2.24) is 0 Å². The van der Waals surface area contributed by atoms with Crippen LogP contribution >= 0.6 is 0 Å². The second-order valence-electron chi connectivity index (χ2n) is 4.71. The topological polar surface area (TPSA) is 68.9 Å². The van der Waals surface area contributed by atoms with Gasteiger partial charge in [-0.05, 0) is 37.1 Å². The van der Waals surface area contributed by atoms with Crippen LogP contribution in [-0.4, -0.2) is 24.8 Å². The van der Waals surface area contributed by atoms with Crippen molar-refractivity contribution in [2.24, 2.45) is 0 Å². The first kappa shape index (κ1) is 15.1. The Balaban J connectivity index is 1.93. The molecule has 112 valence electrons. The van der Waals surface area contributed by atoms with Crippen molar-refractivity contribution >= 4 is 5.97 Å². The Morgan fingerprint density at radius 1 is 1.29 bits per heavy atom. The third-order valence-corrected chi connectivity index (χ3v) is 3.06. The van der Waals surface area contributed by atoms with E-state index >= 15 is 0 Å². The maximum atomic E-state index is 10.9. The van der Waals surface area contributed by atoms with Crippen LogP contribution in [0, 0.1) is 6.92 Å². The number of aromatic carboxylic acids is 1. The SMILES string of the molecule is COCCc1ccc(OCc2cc(C)c(C(=O)O)o2)cc1. The molecule has 2 aromatic rings. The van der Waals surface area contributed by atoms with Gasteiger partial charge >= 0.3 is 5.97 Å². The van der Waals surface area contributed by atoms with Gasteiger partial charge < -0.3 is 19.0 Å². The van der Waals surface area contributed by atoms with Gasteiger partial charge in [0.15, 0.2) is 0 Å². The van der Waals surface area contributed by atoms with E-state index in [2.05, 4.69) is 0 Å². The minimum Gasteiger partial charge on any atom is -0.486 e. The van der Waals surface area contributed by atoms with Crippen molar-refractivity contribution in [2.45, 2.75) is 20.0 Å². The monoisotopic (exact) mass is 290 g/mol. The van der Waals surface area contributed by atoms with E-state index in [1.165, 1.54) is 5.56 Å². The molecule has 0 aliphatic rings. The molecule has 1 heterocycles. The van der Waals surface area contributed by atoms with E-state index in [1.54, 1.807) is 20.1 Å². The van der Waals surface area contributed by atoms with Crippen molar-refractivity contribution in [3.05, 3.63) is 53.0 Å². The molecule has 1 aromatic carbocycles. The van der Waals surface area contributed by atoms with E-state index in [4.69, 9.17) is 19.0 Å². The van der Waals surface area contributed by atoms with E-state index in [9.17, 15) is 4.79 Å². The Morgan fingerprint density at radius 3 is 2.57 bits per heavy atom. The number of furan rings is 1. The van der Waals surface area contributed by atoms with Crippen molar-refractivity contribution in [3.8, 4) is 5.75 Å². The van der Waals surface area contributed by atoms with E-state index in [1.807, 2.05) is 24.3 Å². The van der Waals surface area contributed by atoms with E-state index in [-0.39, 0.29) is 12.4 Å². The normalized spacial score (nSPS) is 10.6. The number of ether oxygens (including phenoxy) is 2. The summed E-state index contributed by atoms with van der Waals surface area (Å²) in [7, 11) is 1.67. The maximum Gasteiger partial charge on any atom is 0.372 e. The molecule has 0 aliphatic carbocycles. The number of benzene rings is 1. The van der Waals surface area contributed by atoms with Crippen LogP contribution in [0.4, 0.5) is 0 Å². The summed E-state index contributed by atoms with van der Waals surface area (Å²) in [6.45, 7) is 2.58. The lowest BCUT2D eigenvalue weighted by atomic mass is 10.1. The van der Waals surface area contributed by atoms with Gasteiger partial charge in [-0.15, -0.1) is 0 Å². The average molecular weight is 290 g/mol. The summed E-state index contributed by atoms with van der Waals surface area (Å²) in [5.41, 5.74) is 1.77. The lowest BCUT2D eigenvalue weighted by molar-refractivity contribution is 0.0657. The van der Waals surface area contributed by atoms with Gasteiger partial charge in [-0.1, -0.05) is 12.1 Å². The minimum absolute atomic E-state index is 0.0384. The number of hydrogen-bond acceptors (Lipinski definition) is 4. The minimum atomic E-state index is -1.07. The van der Waals surface area contributed by atoms with Gasteiger partial charge in [0.2, 0.25) is 5.76 Å². The van der Waals surface area contributed by atoms with Crippen LogP contribution in [0.3, 0.4) is 0 Å². The first-order valence-corrected chi connectivity index (χ1v) is 6.63. The summed E-state index contributed by atoms with van der Waals surface area (Å²) >= 11 is 0. The smallest absolute Gasteiger partial charge is 0.372 e. The molecule has 5 heteroatoms. The summed E-state index contributed by atoms with van der Waals surface area (Å²) in [6, 6.07) is 9.38. The van der Waals surface area contributed by atoms with Crippen LogP contribution < -0.4 is 4.74 Å². The fourth-order valence-electron chi connectivity index (χ4n) is 1.96. The maximum absolute atomic E-state index is 10.9. The third kappa shape index (κ3) is 4.10. The molecule has 1 N–H and O–H groups in total. The van der Waals surface area contributed by atoms with E-state index in [0.717, 1.165) is 6.42 Å². The molecule has 1 aromatic heterocycles. The third-order valence-electron chi connectivity index (χ3n) is 3.06. The number of carboxylic acids is 1. The molecule has 0 saturated heterocycles. The fourth-order valence-corrected chi connectivity index (χ4v) is 1.96. The number of aryl methyl sites for hydroxylation is 1. The van der Waals surface area contributed by atoms with Crippen molar-refractivity contribution in [3.63, 3.8) is 0 Å². The highest BCUT2D eigenvalue weighted by Crippen LogP contribution is 2.18. The van der Waals surface area contributed by atoms with Gasteiger partial charge in [0.05, 0.1) is 6.61 Å². The molecule has 0 aliphatic heterocycles. The lowest BCUT2D eigenvalue weighted by Gasteiger charge is -2.05. The van der Waals surface area contributed by atoms with Crippen LogP contribution in [0.1, 0.15) is 27.4 Å². The van der Waals surface area contributed by atoms with Gasteiger partial charge in [-0.25, -0.2) is 4.79 Å². The summed E-state index contributed by atoms with van der Waals surface area (Å²) in [4.78, 5) is 10.9. The molecule has 21 heavy (non-hydrogen) atoms. The molecule has 0 bridgehead atoms. The number of carbonyl (C=O) groups is 1. The van der Waals surface area contributed by atoms with Crippen molar-refractivity contribution in [2.75, 3.05) is 13.7 Å². The van der Waals surface area contributed by atoms with Crippen LogP contribution in [0.2, 0.25) is 0 Å². The lowest BCUT2D eigenvalue weighted by Crippen LogP contribution is -1.97. The Bertz CT molecular complexity index is 598. The van der Waals surface area contributed by atoms with Gasteiger partial charge in [-0.3, -0.25) is 0 Å². The highest BCUT2D eigenvalue weighted by molar-refractivity contribution is 5.86. The van der Waals surface area contributed by atoms with Gasteiger partial charge in [-0.2, -0.15) is 0 Å². The molecule has 0 radical (unpaired) electrons. The Labute approximate surface area is 123 Å². The highest BCUT2D eigenvalue weighted by atomic mass is 16.5. The number of hydrogen-bond donors (Lipinski definition) is 1. The zero-order valence-corrected chi connectivity index (χ0v) is 12.1. The number of methoxy groups -OCH3 is 1. The van der Waals surface area contributed by atoms with Crippen molar-refractivity contribution in [1.29, 1.82) is 0 Å². The number of rotatable bonds is 7. The van der Waals surface area contributed by atoms with Crippen LogP contribution in [0.5, 0.6) is 5.75 Å². The molecule has 0 saturated carbocycles. The average Bonchev–Trinajstić information content (AvgIpc) is 2.85. The molecule has 0 amide bonds. The summed E-state index contributed by atoms with van der Waals surface area (Å²) in [5.74, 6) is 0.0974. The first-order valence-electron chi connectivity index (χ1n) is 6.63. The molecule has 5 nitrogen and oxygen atoms in total. The molecular weight excluding hydrogens is 272 g/mol. The standard InChI is InChI=1S/C16H18O5/c1-11-9-14(21-15(11)16(17)18)10-20-13-5-3-12(4-6-13)7-8-19-2/h3-6,9H,7-8,10H2,1-2H3,(H,17,18). The second-order valence-corrected chi connectivity index (χ2v) is 4.71. The largest absolute Gasteiger partial charge is 0.486 e. The highest BCUT2D eigenvalue weighted by Gasteiger charge is 2.14. The molecule has 0 unspecified atom stereocenters. The Kier molecular flexibility index (Phi) is 5.00. The van der Waals surface area contributed by atoms with Gasteiger partial charge in [0.25, 0.3) is 0 Å². The van der Waals surface area contributed by atoms with E-state index in [0.29, 0.717) is 23.7 Å². The fraction of sp³-hybridized carbons (Fsp3) is 0.312. The van der Waals surface area contributed by atoms with Gasteiger partial charge in [0.1, 0.15) is 18.1 Å². The summed E-state index contributed by atoms with van der Waals surface area (Å²) in [5, 5.41) is 8.92. The van der Waals surface area contributed by atoms with Crippen LogP contribution in [0.25, 0.3) is 0 Å². The van der Waals surface area contributed by atoms with Crippen LogP contribution in [-0.2, 0) is 17.8 Å². The zero-order valence-electron chi connectivity index (χ0n) is 12.1. The Morgan fingerprint density at radius 2 is 2.00 bits per heavy atom. The van der Waals surface area contributed by atoms with Crippen LogP contribution in [0.15, 0.2) is 34.7 Å². The molecule has 0 spiro atoms. The summed E-state index contributed by atoms with van der Waals surface area (Å²) < 4.78 is 15.8. The second kappa shape index (κ2) is 6.95. The number of carboxylic acid groups (broad SMARTS) is 1. The van der Waals surface area contributed by atoms with Gasteiger partial charge in [0, 0.05) is 12.7 Å². The zero-order chi connectivity index (χ0) is 15.2. The summed E-state index contributed by atoms with van der Waals surface area (Å²) in [6.07, 6.45) is 0.857. The molecule has 0 atom stereocenters. The molecule has 2 rings (SSSR count). The predicted molar refractivity (Wildman–Crippen MR) is 76.8 cm³/mol. The van der Waals surface area contributed by atoms with E-state index < -0.39 is 5.97 Å². The van der Waals surface area contributed by atoms with Crippen molar-refractivity contribution < 1.29 is 23.8 Å². The first-order chi connectivity index (χ1) is 10.1. The molecular formula is C16H18O5. The quantitative estimate of drug-likeness (QED) is 0.848.